The van der Waals surface area contributed by atoms with Gasteiger partial charge in [-0.3, -0.25) is 9.59 Å². The Morgan fingerprint density at radius 3 is 2.77 bits per heavy atom. The normalized spacial score (nSPS) is 15.1. The van der Waals surface area contributed by atoms with Crippen molar-refractivity contribution in [1.29, 1.82) is 0 Å². The molecule has 2 amide bonds. The molecule has 1 fully saturated rings. The third-order valence-electron chi connectivity index (χ3n) is 3.67. The molecule has 120 valence electrons. The molecule has 0 unspecified atom stereocenters. The van der Waals surface area contributed by atoms with Crippen LogP contribution in [0.2, 0.25) is 0 Å². The second kappa shape index (κ2) is 7.29. The van der Waals surface area contributed by atoms with Crippen LogP contribution in [0.5, 0.6) is 5.75 Å². The molecule has 0 spiro atoms. The lowest BCUT2D eigenvalue weighted by molar-refractivity contribution is -0.119. The van der Waals surface area contributed by atoms with Crippen molar-refractivity contribution in [2.75, 3.05) is 23.9 Å². The number of amides is 2. The summed E-state index contributed by atoms with van der Waals surface area (Å²) in [6, 6.07) is 5.43. The van der Waals surface area contributed by atoms with Crippen molar-refractivity contribution in [2.24, 2.45) is 5.92 Å². The van der Waals surface area contributed by atoms with Gasteiger partial charge in [0.25, 0.3) is 0 Å². The molecular weight excluding hydrogens is 280 g/mol. The molecule has 0 saturated carbocycles. The Balaban J connectivity index is 2.17. The van der Waals surface area contributed by atoms with Crippen molar-refractivity contribution in [3.63, 3.8) is 0 Å². The van der Waals surface area contributed by atoms with E-state index in [-0.39, 0.29) is 11.8 Å². The van der Waals surface area contributed by atoms with Gasteiger partial charge in [0, 0.05) is 31.1 Å². The van der Waals surface area contributed by atoms with Crippen molar-refractivity contribution in [3.05, 3.63) is 18.2 Å². The summed E-state index contributed by atoms with van der Waals surface area (Å²) in [6.45, 7) is 4.73. The van der Waals surface area contributed by atoms with Gasteiger partial charge in [0.2, 0.25) is 11.8 Å². The number of nitrogens with zero attached hydrogens (tertiary/aromatic N) is 1. The Hall–Kier alpha value is -2.04. The average Bonchev–Trinajstić information content (AvgIpc) is 2.47. The van der Waals surface area contributed by atoms with Crippen LogP contribution < -0.4 is 15.0 Å². The van der Waals surface area contributed by atoms with Crippen molar-refractivity contribution in [2.45, 2.75) is 39.5 Å². The second-order valence-electron chi connectivity index (χ2n) is 6.04. The van der Waals surface area contributed by atoms with Gasteiger partial charge in [-0.25, -0.2) is 0 Å². The summed E-state index contributed by atoms with van der Waals surface area (Å²) in [5.41, 5.74) is 1.46. The first kappa shape index (κ1) is 16.3. The van der Waals surface area contributed by atoms with Gasteiger partial charge < -0.3 is 15.0 Å². The quantitative estimate of drug-likeness (QED) is 0.909. The molecule has 22 heavy (non-hydrogen) atoms. The average molecular weight is 304 g/mol. The third kappa shape index (κ3) is 4.00. The van der Waals surface area contributed by atoms with Crippen LogP contribution in [0.15, 0.2) is 18.2 Å². The number of benzene rings is 1. The summed E-state index contributed by atoms with van der Waals surface area (Å²) in [4.78, 5) is 25.7. The highest BCUT2D eigenvalue weighted by molar-refractivity contribution is 5.96. The monoisotopic (exact) mass is 304 g/mol. The fraction of sp³-hybridized carbons (Fsp3) is 0.529. The molecule has 0 aromatic heterocycles. The number of carbonyl (C=O) groups is 2. The fourth-order valence-electron chi connectivity index (χ4n) is 2.62. The summed E-state index contributed by atoms with van der Waals surface area (Å²) in [5.74, 6) is 1.03. The van der Waals surface area contributed by atoms with Crippen LogP contribution >= 0.6 is 0 Å². The van der Waals surface area contributed by atoms with Crippen LogP contribution in [0, 0.1) is 5.92 Å². The van der Waals surface area contributed by atoms with Gasteiger partial charge in [0.15, 0.2) is 0 Å². The molecule has 1 aliphatic heterocycles. The van der Waals surface area contributed by atoms with E-state index in [1.54, 1.807) is 18.1 Å². The molecule has 0 bridgehead atoms. The molecule has 1 heterocycles. The topological polar surface area (TPSA) is 58.6 Å². The van der Waals surface area contributed by atoms with Crippen molar-refractivity contribution < 1.29 is 14.3 Å². The van der Waals surface area contributed by atoms with Gasteiger partial charge in [-0.2, -0.15) is 0 Å². The lowest BCUT2D eigenvalue weighted by atomic mass is 10.1. The van der Waals surface area contributed by atoms with Crippen LogP contribution in [0.1, 0.15) is 39.5 Å². The number of nitrogens with one attached hydrogen (secondary N) is 1. The Kier molecular flexibility index (Phi) is 5.41. The van der Waals surface area contributed by atoms with Gasteiger partial charge in [0.1, 0.15) is 5.75 Å². The van der Waals surface area contributed by atoms with E-state index in [0.29, 0.717) is 36.7 Å². The SMILES string of the molecule is COc1cc(NC(=O)CC(C)C)ccc1N1CCCCC1=O. The van der Waals surface area contributed by atoms with Crippen LogP contribution in [0.25, 0.3) is 0 Å². The Labute approximate surface area is 131 Å². The molecule has 0 radical (unpaired) electrons. The molecule has 0 atom stereocenters. The minimum atomic E-state index is -0.0150. The molecule has 1 saturated heterocycles. The summed E-state index contributed by atoms with van der Waals surface area (Å²) >= 11 is 0. The summed E-state index contributed by atoms with van der Waals surface area (Å²) in [6.07, 6.45) is 3.01. The molecule has 1 aromatic carbocycles. The summed E-state index contributed by atoms with van der Waals surface area (Å²) in [7, 11) is 1.58. The zero-order valence-electron chi connectivity index (χ0n) is 13.5. The number of piperidine rings is 1. The molecule has 2 rings (SSSR count). The van der Waals surface area contributed by atoms with Crippen LogP contribution in [0.4, 0.5) is 11.4 Å². The highest BCUT2D eigenvalue weighted by Gasteiger charge is 2.22. The predicted octanol–water partition coefficient (Wildman–Crippen LogP) is 3.20. The predicted molar refractivity (Wildman–Crippen MR) is 87.3 cm³/mol. The number of hydrogen-bond donors (Lipinski definition) is 1. The Morgan fingerprint density at radius 2 is 2.14 bits per heavy atom. The number of hydrogen-bond acceptors (Lipinski definition) is 3. The van der Waals surface area contributed by atoms with Gasteiger partial charge in [-0.05, 0) is 30.9 Å². The number of ether oxygens (including phenoxy) is 1. The molecule has 5 heteroatoms. The first-order valence-corrected chi connectivity index (χ1v) is 7.79. The Bertz CT molecular complexity index is 555. The van der Waals surface area contributed by atoms with Gasteiger partial charge >= 0.3 is 0 Å². The molecule has 1 aromatic rings. The van der Waals surface area contributed by atoms with Crippen molar-refractivity contribution >= 4 is 23.2 Å². The van der Waals surface area contributed by atoms with Gasteiger partial charge in [0.05, 0.1) is 12.8 Å². The van der Waals surface area contributed by atoms with Crippen LogP contribution in [-0.4, -0.2) is 25.5 Å². The van der Waals surface area contributed by atoms with E-state index >= 15 is 0 Å². The first-order valence-electron chi connectivity index (χ1n) is 7.79. The van der Waals surface area contributed by atoms with Crippen molar-refractivity contribution in [3.8, 4) is 5.75 Å². The zero-order chi connectivity index (χ0) is 16.1. The van der Waals surface area contributed by atoms with Gasteiger partial charge in [-0.15, -0.1) is 0 Å². The molecular formula is C17H24N2O3. The lowest BCUT2D eigenvalue weighted by Gasteiger charge is -2.28. The maximum absolute atomic E-state index is 12.0. The third-order valence-corrected chi connectivity index (χ3v) is 3.67. The van der Waals surface area contributed by atoms with E-state index < -0.39 is 0 Å². The summed E-state index contributed by atoms with van der Waals surface area (Å²) < 4.78 is 5.41. The molecule has 0 aliphatic carbocycles. The molecule has 5 nitrogen and oxygen atoms in total. The van der Waals surface area contributed by atoms with E-state index in [0.717, 1.165) is 18.5 Å². The maximum atomic E-state index is 12.0. The number of rotatable bonds is 5. The Morgan fingerprint density at radius 1 is 1.36 bits per heavy atom. The standard InChI is InChI=1S/C17H24N2O3/c1-12(2)10-16(20)18-13-7-8-14(15(11-13)22-3)19-9-5-4-6-17(19)21/h7-8,11-12H,4-6,9-10H2,1-3H3,(H,18,20). The van der Waals surface area contributed by atoms with Crippen LogP contribution in [0.3, 0.4) is 0 Å². The fourth-order valence-corrected chi connectivity index (χ4v) is 2.62. The zero-order valence-corrected chi connectivity index (χ0v) is 13.5. The van der Waals surface area contributed by atoms with Crippen molar-refractivity contribution in [1.82, 2.24) is 0 Å². The number of carbonyl (C=O) groups excluding carboxylic acids is 2. The maximum Gasteiger partial charge on any atom is 0.227 e. The lowest BCUT2D eigenvalue weighted by Crippen LogP contribution is -2.35. The largest absolute Gasteiger partial charge is 0.494 e. The van der Waals surface area contributed by atoms with E-state index in [2.05, 4.69) is 5.32 Å². The minimum absolute atomic E-state index is 0.0150. The summed E-state index contributed by atoms with van der Waals surface area (Å²) in [5, 5.41) is 2.87. The molecule has 1 aliphatic rings. The van der Waals surface area contributed by atoms with E-state index in [9.17, 15) is 9.59 Å². The van der Waals surface area contributed by atoms with E-state index in [1.807, 2.05) is 26.0 Å². The smallest absolute Gasteiger partial charge is 0.227 e. The highest BCUT2D eigenvalue weighted by Crippen LogP contribution is 2.33. The number of anilines is 2. The minimum Gasteiger partial charge on any atom is -0.494 e. The molecule has 1 N–H and O–H groups in total. The van der Waals surface area contributed by atoms with E-state index in [4.69, 9.17) is 4.74 Å². The van der Waals surface area contributed by atoms with Crippen LogP contribution in [-0.2, 0) is 9.59 Å². The first-order chi connectivity index (χ1) is 10.5. The second-order valence-corrected chi connectivity index (χ2v) is 6.04. The number of methoxy groups -OCH3 is 1. The van der Waals surface area contributed by atoms with Gasteiger partial charge in [-0.1, -0.05) is 13.8 Å². The van der Waals surface area contributed by atoms with E-state index in [1.165, 1.54) is 0 Å². The highest BCUT2D eigenvalue weighted by atomic mass is 16.5.